The molecule has 0 amide bonds. The Balaban J connectivity index is 0.776. The molecule has 0 unspecified atom stereocenters. The van der Waals surface area contributed by atoms with E-state index in [1.807, 2.05) is 11.3 Å². The summed E-state index contributed by atoms with van der Waals surface area (Å²) >= 11 is 3.64. The summed E-state index contributed by atoms with van der Waals surface area (Å²) in [4.78, 5) is 5.55. The Hall–Kier alpha value is -9.65. The molecule has 0 N–H and O–H groups in total. The molecule has 0 aliphatic rings. The van der Waals surface area contributed by atoms with Gasteiger partial charge in [0.15, 0.2) is 0 Å². The molecule has 78 heavy (non-hydrogen) atoms. The first-order valence-electron chi connectivity index (χ1n) is 26.5. The molecule has 364 valence electrons. The quantitative estimate of drug-likeness (QED) is 0.149. The van der Waals surface area contributed by atoms with E-state index in [0.717, 1.165) is 38.6 Å². The van der Waals surface area contributed by atoms with E-state index in [1.54, 1.807) is 11.3 Å². The maximum atomic E-state index is 5.55. The average Bonchev–Trinajstić information content (AvgIpc) is 4.42. The number of thiazole rings is 1. The number of benzene rings is 12. The van der Waals surface area contributed by atoms with Crippen LogP contribution >= 0.6 is 22.7 Å². The van der Waals surface area contributed by atoms with Gasteiger partial charge in [0.25, 0.3) is 0 Å². The van der Waals surface area contributed by atoms with E-state index in [1.165, 1.54) is 113 Å². The zero-order valence-corrected chi connectivity index (χ0v) is 43.8. The van der Waals surface area contributed by atoms with Crippen LogP contribution in [0.4, 0.5) is 0 Å². The minimum atomic E-state index is 1.00. The van der Waals surface area contributed by atoms with Gasteiger partial charge in [0.05, 0.1) is 32.3 Å². The van der Waals surface area contributed by atoms with Crippen LogP contribution in [-0.4, -0.2) is 14.1 Å². The highest BCUT2D eigenvalue weighted by Crippen LogP contribution is 2.44. The minimum Gasteiger partial charge on any atom is -0.309 e. The minimum absolute atomic E-state index is 1.00. The van der Waals surface area contributed by atoms with Crippen LogP contribution in [0.2, 0.25) is 0 Å². The molecular formula is C73H45N3S2. The molecule has 0 aliphatic carbocycles. The molecule has 16 aromatic rings. The van der Waals surface area contributed by atoms with Crippen molar-refractivity contribution in [2.75, 3.05) is 0 Å². The first kappa shape index (κ1) is 44.6. The topological polar surface area (TPSA) is 22.8 Å². The Bertz CT molecular complexity index is 4750. The van der Waals surface area contributed by atoms with Crippen LogP contribution in [0.25, 0.3) is 152 Å². The first-order valence-corrected chi connectivity index (χ1v) is 28.1. The zero-order chi connectivity index (χ0) is 51.3. The number of aromatic nitrogens is 3. The molecule has 0 atom stereocenters. The second-order valence-electron chi connectivity index (χ2n) is 20.2. The fourth-order valence-electron chi connectivity index (χ4n) is 12.0. The third-order valence-electron chi connectivity index (χ3n) is 15.8. The maximum absolute atomic E-state index is 5.55. The van der Waals surface area contributed by atoms with Crippen LogP contribution in [0, 0.1) is 0 Å². The molecule has 0 bridgehead atoms. The highest BCUT2D eigenvalue weighted by molar-refractivity contribution is 7.25. The lowest BCUT2D eigenvalue weighted by Gasteiger charge is -2.11. The summed E-state index contributed by atoms with van der Waals surface area (Å²) in [5.41, 5.74) is 21.0. The average molecular weight is 1030 g/mol. The second-order valence-corrected chi connectivity index (χ2v) is 22.3. The third kappa shape index (κ3) is 7.28. The SMILES string of the molecule is c1ccc(-n2c3ccccc3c3cc(-c4ccc(-c5ccc(-c6ccc(-c7ccc8c(c7)c7ccccc7n8-c7ccccc7)cc6)c6sc(-c7ccc(-c8ccc9sc%10ccccc%10c9c8)cc7)nc56)cc4)ccc32)cc1. The summed E-state index contributed by atoms with van der Waals surface area (Å²) in [5.74, 6) is 0. The Morgan fingerprint density at radius 3 is 1.22 bits per heavy atom. The fourth-order valence-corrected chi connectivity index (χ4v) is 14.2. The van der Waals surface area contributed by atoms with Crippen LogP contribution in [0.15, 0.2) is 273 Å². The highest BCUT2D eigenvalue weighted by atomic mass is 32.1. The van der Waals surface area contributed by atoms with Crippen molar-refractivity contribution in [2.45, 2.75) is 0 Å². The van der Waals surface area contributed by atoms with Gasteiger partial charge in [-0.05, 0) is 123 Å². The van der Waals surface area contributed by atoms with Crippen molar-refractivity contribution in [1.29, 1.82) is 0 Å². The summed E-state index contributed by atoms with van der Waals surface area (Å²) in [6, 6.07) is 99.9. The van der Waals surface area contributed by atoms with Crippen LogP contribution in [0.1, 0.15) is 0 Å². The van der Waals surface area contributed by atoms with Crippen LogP contribution in [0.3, 0.4) is 0 Å². The van der Waals surface area contributed by atoms with E-state index in [9.17, 15) is 0 Å². The van der Waals surface area contributed by atoms with Gasteiger partial charge in [-0.15, -0.1) is 22.7 Å². The molecule has 16 rings (SSSR count). The Morgan fingerprint density at radius 1 is 0.256 bits per heavy atom. The van der Waals surface area contributed by atoms with Crippen molar-refractivity contribution in [3.05, 3.63) is 273 Å². The van der Waals surface area contributed by atoms with Crippen molar-refractivity contribution in [2.24, 2.45) is 0 Å². The molecule has 3 nitrogen and oxygen atoms in total. The number of fused-ring (bicyclic) bond motifs is 10. The second kappa shape index (κ2) is 18.0. The van der Waals surface area contributed by atoms with Crippen molar-refractivity contribution < 1.29 is 0 Å². The zero-order valence-electron chi connectivity index (χ0n) is 42.1. The lowest BCUT2D eigenvalue weighted by molar-refractivity contribution is 1.18. The van der Waals surface area contributed by atoms with Gasteiger partial charge in [0, 0.05) is 69.8 Å². The normalized spacial score (nSPS) is 11.8. The Labute approximate surface area is 458 Å². The van der Waals surface area contributed by atoms with Crippen molar-refractivity contribution in [1.82, 2.24) is 14.1 Å². The standard InChI is InChI=1S/C73H45N3S2/c1-3-13-55(14-4-1)75-65-20-10-7-17-59(65)62-43-52(35-40-67(62)75)46-23-29-49(30-24-46)57-38-39-58(50-31-25-47(26-32-50)53-36-41-68-63(44-53)60-18-8-11-21-66(60)76(68)56-15-5-2-6-16-56)72-71(57)74-73(78-72)51-33-27-48(28-34-51)54-37-42-70-64(45-54)61-19-9-12-22-69(61)77-70/h1-45H. The number of rotatable bonds is 8. The van der Waals surface area contributed by atoms with E-state index in [4.69, 9.17) is 4.98 Å². The van der Waals surface area contributed by atoms with E-state index in [0.29, 0.717) is 0 Å². The number of thiophene rings is 1. The van der Waals surface area contributed by atoms with Crippen LogP contribution in [0.5, 0.6) is 0 Å². The monoisotopic (exact) mass is 1030 g/mol. The van der Waals surface area contributed by atoms with Gasteiger partial charge in [-0.1, -0.05) is 194 Å². The molecule has 0 radical (unpaired) electrons. The molecule has 12 aromatic carbocycles. The summed E-state index contributed by atoms with van der Waals surface area (Å²) in [7, 11) is 0. The van der Waals surface area contributed by atoms with Gasteiger partial charge < -0.3 is 9.13 Å². The first-order chi connectivity index (χ1) is 38.6. The summed E-state index contributed by atoms with van der Waals surface area (Å²) in [5, 5.41) is 8.62. The van der Waals surface area contributed by atoms with Crippen molar-refractivity contribution in [3.8, 4) is 77.6 Å². The van der Waals surface area contributed by atoms with Crippen LogP contribution < -0.4 is 0 Å². The van der Waals surface area contributed by atoms with Gasteiger partial charge in [-0.2, -0.15) is 0 Å². The van der Waals surface area contributed by atoms with Gasteiger partial charge in [-0.25, -0.2) is 4.98 Å². The van der Waals surface area contributed by atoms with E-state index in [2.05, 4.69) is 282 Å². The fraction of sp³-hybridized carbons (Fsp3) is 0. The van der Waals surface area contributed by atoms with Crippen molar-refractivity contribution in [3.63, 3.8) is 0 Å². The van der Waals surface area contributed by atoms with E-state index >= 15 is 0 Å². The van der Waals surface area contributed by atoms with Gasteiger partial charge in [0.1, 0.15) is 5.01 Å². The molecule has 0 spiro atoms. The van der Waals surface area contributed by atoms with E-state index in [-0.39, 0.29) is 0 Å². The Morgan fingerprint density at radius 2 is 0.654 bits per heavy atom. The lowest BCUT2D eigenvalue weighted by atomic mass is 9.95. The van der Waals surface area contributed by atoms with Gasteiger partial charge >= 0.3 is 0 Å². The highest BCUT2D eigenvalue weighted by Gasteiger charge is 2.19. The predicted molar refractivity (Wildman–Crippen MR) is 334 cm³/mol. The lowest BCUT2D eigenvalue weighted by Crippen LogP contribution is -1.92. The molecule has 4 aromatic heterocycles. The summed E-state index contributed by atoms with van der Waals surface area (Å²) in [6.45, 7) is 0. The molecule has 0 saturated heterocycles. The van der Waals surface area contributed by atoms with Gasteiger partial charge in [-0.3, -0.25) is 0 Å². The summed E-state index contributed by atoms with van der Waals surface area (Å²) < 4.78 is 8.56. The maximum Gasteiger partial charge on any atom is 0.124 e. The smallest absolute Gasteiger partial charge is 0.124 e. The van der Waals surface area contributed by atoms with Gasteiger partial charge in [0.2, 0.25) is 0 Å². The molecule has 0 fully saturated rings. The van der Waals surface area contributed by atoms with Crippen LogP contribution in [-0.2, 0) is 0 Å². The Kier molecular flexibility index (Phi) is 10.3. The molecule has 0 saturated carbocycles. The summed E-state index contributed by atoms with van der Waals surface area (Å²) in [6.07, 6.45) is 0. The number of para-hydroxylation sites is 4. The largest absolute Gasteiger partial charge is 0.309 e. The number of hydrogen-bond donors (Lipinski definition) is 0. The number of nitrogens with zero attached hydrogens (tertiary/aromatic N) is 3. The van der Waals surface area contributed by atoms with E-state index < -0.39 is 0 Å². The van der Waals surface area contributed by atoms with Crippen molar-refractivity contribution >= 4 is 96.7 Å². The molecule has 0 aliphatic heterocycles. The third-order valence-corrected chi connectivity index (χ3v) is 18.1. The number of hydrogen-bond acceptors (Lipinski definition) is 3. The molecule has 5 heteroatoms. The molecule has 4 heterocycles. The molecular weight excluding hydrogens is 983 g/mol. The predicted octanol–water partition coefficient (Wildman–Crippen LogP) is 20.9.